The Kier molecular flexibility index (Phi) is 3.58. The minimum Gasteiger partial charge on any atom is -0.304 e. The van der Waals surface area contributed by atoms with Crippen molar-refractivity contribution in [2.75, 3.05) is 0 Å². The number of thiazole rings is 1. The average Bonchev–Trinajstić information content (AvgIpc) is 2.74. The summed E-state index contributed by atoms with van der Waals surface area (Å²) in [5.41, 5.74) is 1.09. The third kappa shape index (κ3) is 2.84. The van der Waals surface area contributed by atoms with Gasteiger partial charge >= 0.3 is 0 Å². The number of nitrogens with zero attached hydrogens (tertiary/aromatic N) is 3. The molecule has 2 heterocycles. The molecule has 2 aromatic heterocycles. The predicted molar refractivity (Wildman–Crippen MR) is 64.1 cm³/mol. The highest BCUT2D eigenvalue weighted by atomic mass is 32.1. The number of hydrogen-bond donors (Lipinski definition) is 1. The smallest absolute Gasteiger partial charge is 0.115 e. The van der Waals surface area contributed by atoms with E-state index in [-0.39, 0.29) is 6.04 Å². The molecule has 84 valence electrons. The largest absolute Gasteiger partial charge is 0.304 e. The summed E-state index contributed by atoms with van der Waals surface area (Å²) in [6.45, 7) is 4.95. The molecule has 5 heteroatoms. The molecule has 1 unspecified atom stereocenters. The lowest BCUT2D eigenvalue weighted by molar-refractivity contribution is 0.570. The molecule has 16 heavy (non-hydrogen) atoms. The second-order valence-corrected chi connectivity index (χ2v) is 4.92. The van der Waals surface area contributed by atoms with Crippen molar-refractivity contribution < 1.29 is 0 Å². The lowest BCUT2D eigenvalue weighted by atomic mass is 10.3. The van der Waals surface area contributed by atoms with Crippen LogP contribution in [0.25, 0.3) is 0 Å². The zero-order chi connectivity index (χ0) is 11.4. The van der Waals surface area contributed by atoms with Gasteiger partial charge in [-0.25, -0.2) is 15.0 Å². The summed E-state index contributed by atoms with van der Waals surface area (Å²) in [6, 6.07) is 0.263. The van der Waals surface area contributed by atoms with Crippen LogP contribution >= 0.6 is 11.3 Å². The van der Waals surface area contributed by atoms with Crippen molar-refractivity contribution in [3.05, 3.63) is 40.4 Å². The highest BCUT2D eigenvalue weighted by Gasteiger charge is 2.08. The Bertz CT molecular complexity index is 440. The van der Waals surface area contributed by atoms with Crippen LogP contribution in [0, 0.1) is 6.92 Å². The van der Waals surface area contributed by atoms with Crippen LogP contribution in [-0.4, -0.2) is 15.0 Å². The van der Waals surface area contributed by atoms with Gasteiger partial charge < -0.3 is 5.32 Å². The first-order valence-corrected chi connectivity index (χ1v) is 5.97. The van der Waals surface area contributed by atoms with E-state index in [1.807, 2.05) is 18.6 Å². The van der Waals surface area contributed by atoms with Crippen LogP contribution in [0.15, 0.2) is 24.9 Å². The first kappa shape index (κ1) is 11.2. The quantitative estimate of drug-likeness (QED) is 0.880. The number of rotatable bonds is 4. The summed E-state index contributed by atoms with van der Waals surface area (Å²) in [5.74, 6) is 0. The van der Waals surface area contributed by atoms with Crippen LogP contribution in [0.3, 0.4) is 0 Å². The summed E-state index contributed by atoms with van der Waals surface area (Å²) in [6.07, 6.45) is 7.08. The summed E-state index contributed by atoms with van der Waals surface area (Å²) in [7, 11) is 0. The SMILES string of the molecule is Cc1cnc(C(C)NCc2cncnc2)s1. The second kappa shape index (κ2) is 5.14. The van der Waals surface area contributed by atoms with E-state index in [2.05, 4.69) is 34.1 Å². The molecule has 4 nitrogen and oxygen atoms in total. The number of hydrogen-bond acceptors (Lipinski definition) is 5. The van der Waals surface area contributed by atoms with Crippen molar-refractivity contribution in [2.45, 2.75) is 26.4 Å². The van der Waals surface area contributed by atoms with Crippen molar-refractivity contribution in [1.82, 2.24) is 20.3 Å². The molecule has 0 amide bonds. The van der Waals surface area contributed by atoms with Gasteiger partial charge in [-0.3, -0.25) is 0 Å². The van der Waals surface area contributed by atoms with Gasteiger partial charge in [-0.2, -0.15) is 0 Å². The fraction of sp³-hybridized carbons (Fsp3) is 0.364. The van der Waals surface area contributed by atoms with Crippen molar-refractivity contribution in [1.29, 1.82) is 0 Å². The Balaban J connectivity index is 1.91. The van der Waals surface area contributed by atoms with Crippen molar-refractivity contribution in [2.24, 2.45) is 0 Å². The standard InChI is InChI=1S/C11H14N4S/c1-8-3-15-11(16-8)9(2)14-6-10-4-12-7-13-5-10/h3-5,7,9,14H,6H2,1-2H3. The molecule has 0 saturated carbocycles. The maximum atomic E-state index is 4.35. The Labute approximate surface area is 98.8 Å². The van der Waals surface area contributed by atoms with Gasteiger partial charge in [0.1, 0.15) is 11.3 Å². The van der Waals surface area contributed by atoms with E-state index < -0.39 is 0 Å². The molecule has 0 bridgehead atoms. The molecule has 0 spiro atoms. The molecule has 0 fully saturated rings. The van der Waals surface area contributed by atoms with Crippen LogP contribution in [0.5, 0.6) is 0 Å². The average molecular weight is 234 g/mol. The molecule has 1 atom stereocenters. The summed E-state index contributed by atoms with van der Waals surface area (Å²) in [4.78, 5) is 13.5. The van der Waals surface area contributed by atoms with Crippen molar-refractivity contribution in [3.8, 4) is 0 Å². The maximum absolute atomic E-state index is 4.35. The van der Waals surface area contributed by atoms with E-state index in [1.54, 1.807) is 11.3 Å². The molecule has 1 N–H and O–H groups in total. The maximum Gasteiger partial charge on any atom is 0.115 e. The minimum absolute atomic E-state index is 0.263. The van der Waals surface area contributed by atoms with Crippen LogP contribution in [-0.2, 0) is 6.54 Å². The first-order chi connectivity index (χ1) is 7.75. The van der Waals surface area contributed by atoms with Crippen LogP contribution in [0.2, 0.25) is 0 Å². The molecule has 0 aliphatic rings. The second-order valence-electron chi connectivity index (χ2n) is 3.66. The fourth-order valence-corrected chi connectivity index (χ4v) is 2.15. The van der Waals surface area contributed by atoms with Gasteiger partial charge in [-0.05, 0) is 13.8 Å². The van der Waals surface area contributed by atoms with Gasteiger partial charge in [0.15, 0.2) is 0 Å². The summed E-state index contributed by atoms with van der Waals surface area (Å²) < 4.78 is 0. The molecule has 0 aliphatic heterocycles. The zero-order valence-electron chi connectivity index (χ0n) is 9.34. The van der Waals surface area contributed by atoms with E-state index in [4.69, 9.17) is 0 Å². The highest BCUT2D eigenvalue weighted by molar-refractivity contribution is 7.11. The zero-order valence-corrected chi connectivity index (χ0v) is 10.2. The van der Waals surface area contributed by atoms with Gasteiger partial charge in [0, 0.05) is 35.6 Å². The van der Waals surface area contributed by atoms with Gasteiger partial charge in [-0.15, -0.1) is 11.3 Å². The van der Waals surface area contributed by atoms with Crippen LogP contribution in [0.1, 0.15) is 28.4 Å². The fourth-order valence-electron chi connectivity index (χ4n) is 1.35. The van der Waals surface area contributed by atoms with Crippen LogP contribution in [0.4, 0.5) is 0 Å². The first-order valence-electron chi connectivity index (χ1n) is 5.15. The molecule has 0 aromatic carbocycles. The molecule has 0 aliphatic carbocycles. The third-order valence-corrected chi connectivity index (χ3v) is 3.33. The van der Waals surface area contributed by atoms with Crippen molar-refractivity contribution >= 4 is 11.3 Å². The Morgan fingerprint density at radius 3 is 2.69 bits per heavy atom. The van der Waals surface area contributed by atoms with E-state index in [0.29, 0.717) is 0 Å². The number of aryl methyl sites for hydroxylation is 1. The third-order valence-electron chi connectivity index (χ3n) is 2.24. The van der Waals surface area contributed by atoms with Gasteiger partial charge in [0.2, 0.25) is 0 Å². The molecule has 0 saturated heterocycles. The molecular formula is C11H14N4S. The summed E-state index contributed by atoms with van der Waals surface area (Å²) in [5, 5.41) is 4.52. The highest BCUT2D eigenvalue weighted by Crippen LogP contribution is 2.19. The summed E-state index contributed by atoms with van der Waals surface area (Å²) >= 11 is 1.73. The Morgan fingerprint density at radius 1 is 1.31 bits per heavy atom. The van der Waals surface area contributed by atoms with E-state index in [1.165, 1.54) is 11.2 Å². The van der Waals surface area contributed by atoms with Gasteiger partial charge in [-0.1, -0.05) is 0 Å². The molecule has 2 rings (SSSR count). The lowest BCUT2D eigenvalue weighted by Gasteiger charge is -2.10. The normalized spacial score (nSPS) is 12.6. The number of nitrogens with one attached hydrogen (secondary N) is 1. The van der Waals surface area contributed by atoms with Crippen molar-refractivity contribution in [3.63, 3.8) is 0 Å². The van der Waals surface area contributed by atoms with E-state index in [9.17, 15) is 0 Å². The van der Waals surface area contributed by atoms with Crippen LogP contribution < -0.4 is 5.32 Å². The monoisotopic (exact) mass is 234 g/mol. The topological polar surface area (TPSA) is 50.7 Å². The number of aromatic nitrogens is 3. The predicted octanol–water partition coefficient (Wildman–Crippen LogP) is 2.09. The van der Waals surface area contributed by atoms with E-state index >= 15 is 0 Å². The van der Waals surface area contributed by atoms with Gasteiger partial charge in [0.25, 0.3) is 0 Å². The Hall–Kier alpha value is -1.33. The lowest BCUT2D eigenvalue weighted by Crippen LogP contribution is -2.18. The minimum atomic E-state index is 0.263. The van der Waals surface area contributed by atoms with Gasteiger partial charge in [0.05, 0.1) is 6.04 Å². The Morgan fingerprint density at radius 2 is 2.06 bits per heavy atom. The molecule has 0 radical (unpaired) electrons. The molecule has 2 aromatic rings. The van der Waals surface area contributed by atoms with E-state index in [0.717, 1.165) is 17.1 Å². The molecular weight excluding hydrogens is 220 g/mol.